The number of nitrogen functional groups attached to an aromatic ring is 1. The van der Waals surface area contributed by atoms with Crippen LogP contribution in [0.3, 0.4) is 0 Å². The Morgan fingerprint density at radius 2 is 2.44 bits per heavy atom. The molecule has 0 aromatic carbocycles. The van der Waals surface area contributed by atoms with Gasteiger partial charge < -0.3 is 11.1 Å². The van der Waals surface area contributed by atoms with Crippen LogP contribution in [-0.4, -0.2) is 11.5 Å². The predicted molar refractivity (Wildman–Crippen MR) is 63.7 cm³/mol. The zero-order valence-corrected chi connectivity index (χ0v) is 9.40. The topological polar surface area (TPSA) is 74.7 Å². The Hall–Kier alpha value is -1.76. The average Bonchev–Trinajstić information content (AvgIpc) is 3.11. The molecule has 4 nitrogen and oxygen atoms in total. The van der Waals surface area contributed by atoms with Crippen molar-refractivity contribution < 1.29 is 0 Å². The summed E-state index contributed by atoms with van der Waals surface area (Å²) in [6, 6.07) is 3.68. The van der Waals surface area contributed by atoms with E-state index in [9.17, 15) is 0 Å². The van der Waals surface area contributed by atoms with Crippen molar-refractivity contribution in [2.24, 2.45) is 11.8 Å². The van der Waals surface area contributed by atoms with Crippen molar-refractivity contribution >= 4 is 11.5 Å². The van der Waals surface area contributed by atoms with Crippen molar-refractivity contribution in [2.45, 2.75) is 19.8 Å². The van der Waals surface area contributed by atoms with Crippen LogP contribution in [-0.2, 0) is 0 Å². The number of nitrogens with zero attached hydrogens (tertiary/aromatic N) is 2. The van der Waals surface area contributed by atoms with Crippen LogP contribution in [0, 0.1) is 23.2 Å². The van der Waals surface area contributed by atoms with Gasteiger partial charge in [0.1, 0.15) is 6.07 Å². The lowest BCUT2D eigenvalue weighted by Gasteiger charge is -2.13. The molecular formula is C12H16N4. The predicted octanol–water partition coefficient (Wildman–Crippen LogP) is 1.99. The zero-order valence-electron chi connectivity index (χ0n) is 9.40. The molecule has 1 aromatic heterocycles. The van der Waals surface area contributed by atoms with Gasteiger partial charge >= 0.3 is 0 Å². The van der Waals surface area contributed by atoms with Gasteiger partial charge in [-0.25, -0.2) is 4.98 Å². The van der Waals surface area contributed by atoms with Crippen LogP contribution in [0.5, 0.6) is 0 Å². The number of nitrogens with one attached hydrogen (secondary N) is 1. The van der Waals surface area contributed by atoms with E-state index in [2.05, 4.69) is 23.3 Å². The van der Waals surface area contributed by atoms with Gasteiger partial charge in [0, 0.05) is 12.7 Å². The fraction of sp³-hybridized carbons (Fsp3) is 0.500. The van der Waals surface area contributed by atoms with Crippen molar-refractivity contribution in [3.63, 3.8) is 0 Å². The minimum Gasteiger partial charge on any atom is -0.395 e. The third-order valence-electron chi connectivity index (χ3n) is 3.13. The van der Waals surface area contributed by atoms with Crippen LogP contribution in [0.15, 0.2) is 12.3 Å². The summed E-state index contributed by atoms with van der Waals surface area (Å²) in [6.07, 6.45) is 4.28. The number of hydrogen-bond donors (Lipinski definition) is 2. The summed E-state index contributed by atoms with van der Waals surface area (Å²) in [5.74, 6) is 2.13. The first-order valence-corrected chi connectivity index (χ1v) is 5.61. The number of nitriles is 1. The lowest BCUT2D eigenvalue weighted by atomic mass is 10.1. The lowest BCUT2D eigenvalue weighted by molar-refractivity contribution is 0.536. The fourth-order valence-electron chi connectivity index (χ4n) is 1.80. The van der Waals surface area contributed by atoms with Crippen molar-refractivity contribution in [3.05, 3.63) is 17.8 Å². The number of nitrogens with two attached hydrogens (primary N) is 1. The van der Waals surface area contributed by atoms with Gasteiger partial charge in [0.2, 0.25) is 0 Å². The van der Waals surface area contributed by atoms with E-state index in [0.717, 1.165) is 12.5 Å². The summed E-state index contributed by atoms with van der Waals surface area (Å²) in [7, 11) is 0. The van der Waals surface area contributed by atoms with Crippen molar-refractivity contribution in [1.82, 2.24) is 4.98 Å². The van der Waals surface area contributed by atoms with E-state index >= 15 is 0 Å². The molecule has 0 spiro atoms. The second kappa shape index (κ2) is 4.40. The summed E-state index contributed by atoms with van der Waals surface area (Å²) in [4.78, 5) is 4.15. The second-order valence-electron chi connectivity index (χ2n) is 4.43. The van der Waals surface area contributed by atoms with E-state index in [0.29, 0.717) is 23.0 Å². The van der Waals surface area contributed by atoms with Crippen LogP contribution < -0.4 is 11.1 Å². The first-order valence-electron chi connectivity index (χ1n) is 5.61. The molecule has 3 N–H and O–H groups in total. The maximum Gasteiger partial charge on any atom is 0.150 e. The number of pyridine rings is 1. The van der Waals surface area contributed by atoms with Gasteiger partial charge in [-0.3, -0.25) is 0 Å². The normalized spacial score (nSPS) is 16.5. The highest BCUT2D eigenvalue weighted by atomic mass is 15.0. The van der Waals surface area contributed by atoms with Gasteiger partial charge in [0.05, 0.1) is 11.3 Å². The standard InChI is InChI=1S/C12H16N4/c1-8(9-2-3-9)7-16-12-11(14)10(6-13)4-5-15-12/h4-5,8-9H,2-3,7,14H2,1H3,(H,15,16). The Bertz CT molecular complexity index is 418. The molecule has 1 atom stereocenters. The van der Waals surface area contributed by atoms with Gasteiger partial charge in [-0.1, -0.05) is 6.92 Å². The van der Waals surface area contributed by atoms with Gasteiger partial charge in [-0.05, 0) is 30.7 Å². The summed E-state index contributed by atoms with van der Waals surface area (Å²) >= 11 is 0. The first kappa shape index (κ1) is 10.7. The molecule has 1 saturated carbocycles. The van der Waals surface area contributed by atoms with Gasteiger partial charge in [0.15, 0.2) is 5.82 Å². The van der Waals surface area contributed by atoms with Crippen molar-refractivity contribution in [3.8, 4) is 6.07 Å². The smallest absolute Gasteiger partial charge is 0.150 e. The maximum atomic E-state index is 8.83. The molecular weight excluding hydrogens is 200 g/mol. The molecule has 0 bridgehead atoms. The summed E-state index contributed by atoms with van der Waals surface area (Å²) < 4.78 is 0. The summed E-state index contributed by atoms with van der Waals surface area (Å²) in [6.45, 7) is 3.10. The highest BCUT2D eigenvalue weighted by molar-refractivity contribution is 5.68. The van der Waals surface area contributed by atoms with E-state index in [1.165, 1.54) is 12.8 Å². The third-order valence-corrected chi connectivity index (χ3v) is 3.13. The Balaban J connectivity index is 2.01. The summed E-state index contributed by atoms with van der Waals surface area (Å²) in [5, 5.41) is 12.1. The highest BCUT2D eigenvalue weighted by Gasteiger charge is 2.27. The first-order chi connectivity index (χ1) is 7.72. The van der Waals surface area contributed by atoms with E-state index in [1.54, 1.807) is 12.3 Å². The molecule has 1 heterocycles. The molecule has 84 valence electrons. The Labute approximate surface area is 95.5 Å². The molecule has 16 heavy (non-hydrogen) atoms. The van der Waals surface area contributed by atoms with E-state index in [1.807, 2.05) is 0 Å². The molecule has 4 heteroatoms. The SMILES string of the molecule is CC(CNc1nccc(C#N)c1N)C1CC1. The van der Waals surface area contributed by atoms with Crippen LogP contribution in [0.4, 0.5) is 11.5 Å². The minimum absolute atomic E-state index is 0.452. The number of hydrogen-bond acceptors (Lipinski definition) is 4. The lowest BCUT2D eigenvalue weighted by Crippen LogP contribution is -2.15. The zero-order chi connectivity index (χ0) is 11.5. The molecule has 2 rings (SSSR count). The summed E-state index contributed by atoms with van der Waals surface area (Å²) in [5.41, 5.74) is 6.76. The molecule has 1 aliphatic rings. The quantitative estimate of drug-likeness (QED) is 0.807. The molecule has 1 fully saturated rings. The van der Waals surface area contributed by atoms with Crippen LogP contribution in [0.1, 0.15) is 25.3 Å². The average molecular weight is 216 g/mol. The van der Waals surface area contributed by atoms with Crippen molar-refractivity contribution in [1.29, 1.82) is 5.26 Å². The largest absolute Gasteiger partial charge is 0.395 e. The minimum atomic E-state index is 0.452. The molecule has 0 saturated heterocycles. The number of anilines is 2. The highest BCUT2D eigenvalue weighted by Crippen LogP contribution is 2.36. The molecule has 0 radical (unpaired) electrons. The molecule has 0 aliphatic heterocycles. The van der Waals surface area contributed by atoms with Crippen molar-refractivity contribution in [2.75, 3.05) is 17.6 Å². The molecule has 1 aromatic rings. The second-order valence-corrected chi connectivity index (χ2v) is 4.43. The third kappa shape index (κ3) is 2.25. The fourth-order valence-corrected chi connectivity index (χ4v) is 1.80. The van der Waals surface area contributed by atoms with Crippen LogP contribution in [0.2, 0.25) is 0 Å². The Morgan fingerprint density at radius 1 is 1.69 bits per heavy atom. The monoisotopic (exact) mass is 216 g/mol. The Morgan fingerprint density at radius 3 is 3.06 bits per heavy atom. The van der Waals surface area contributed by atoms with Gasteiger partial charge in [-0.2, -0.15) is 5.26 Å². The van der Waals surface area contributed by atoms with E-state index in [4.69, 9.17) is 11.0 Å². The van der Waals surface area contributed by atoms with Gasteiger partial charge in [0.25, 0.3) is 0 Å². The van der Waals surface area contributed by atoms with Crippen LogP contribution in [0.25, 0.3) is 0 Å². The van der Waals surface area contributed by atoms with E-state index in [-0.39, 0.29) is 0 Å². The Kier molecular flexibility index (Phi) is 2.95. The maximum absolute atomic E-state index is 8.83. The van der Waals surface area contributed by atoms with Gasteiger partial charge in [-0.15, -0.1) is 0 Å². The number of aromatic nitrogens is 1. The molecule has 1 unspecified atom stereocenters. The molecule has 0 amide bonds. The number of rotatable bonds is 4. The molecule has 1 aliphatic carbocycles. The van der Waals surface area contributed by atoms with E-state index < -0.39 is 0 Å². The van der Waals surface area contributed by atoms with Crippen LogP contribution >= 0.6 is 0 Å².